The molecule has 20 heavy (non-hydrogen) atoms. The third kappa shape index (κ3) is 3.71. The van der Waals surface area contributed by atoms with Crippen molar-refractivity contribution in [2.24, 2.45) is 0 Å². The Morgan fingerprint density at radius 2 is 1.35 bits per heavy atom. The van der Waals surface area contributed by atoms with Gasteiger partial charge in [0.25, 0.3) is 0 Å². The van der Waals surface area contributed by atoms with Gasteiger partial charge in [-0.3, -0.25) is 0 Å². The molecule has 0 unspecified atom stereocenters. The molecule has 0 saturated carbocycles. The second-order valence-corrected chi connectivity index (χ2v) is 5.38. The highest BCUT2D eigenvalue weighted by Crippen LogP contribution is 2.33. The second kappa shape index (κ2) is 8.29. The van der Waals surface area contributed by atoms with E-state index in [4.69, 9.17) is 23.7 Å². The minimum Gasteiger partial charge on any atom is -0.373 e. The van der Waals surface area contributed by atoms with E-state index < -0.39 is 0 Å². The minimum atomic E-state index is -0.310. The Labute approximate surface area is 121 Å². The molecule has 2 aliphatic heterocycles. The van der Waals surface area contributed by atoms with Crippen molar-refractivity contribution in [3.63, 3.8) is 0 Å². The quantitative estimate of drug-likeness (QED) is 0.650. The van der Waals surface area contributed by atoms with Gasteiger partial charge in [0.05, 0.1) is 6.61 Å². The molecule has 0 N–H and O–H groups in total. The molecule has 0 aromatic carbocycles. The third-order valence-corrected chi connectivity index (χ3v) is 3.56. The van der Waals surface area contributed by atoms with Crippen LogP contribution in [0.2, 0.25) is 0 Å². The topological polar surface area (TPSA) is 46.2 Å². The smallest absolute Gasteiger partial charge is 0.187 e. The summed E-state index contributed by atoms with van der Waals surface area (Å²) in [5.74, 6) is 0. The lowest BCUT2D eigenvalue weighted by Gasteiger charge is -2.40. The zero-order valence-electron chi connectivity index (χ0n) is 12.9. The molecule has 5 nitrogen and oxygen atoms in total. The average molecular weight is 288 g/mol. The van der Waals surface area contributed by atoms with Crippen molar-refractivity contribution in [3.05, 3.63) is 0 Å². The van der Waals surface area contributed by atoms with Crippen LogP contribution in [0.4, 0.5) is 0 Å². The van der Waals surface area contributed by atoms with Crippen molar-refractivity contribution in [2.75, 3.05) is 26.4 Å². The lowest BCUT2D eigenvalue weighted by Crippen LogP contribution is -2.57. The number of fused-ring (bicyclic) bond motifs is 2. The Morgan fingerprint density at radius 1 is 0.800 bits per heavy atom. The van der Waals surface area contributed by atoms with E-state index in [1.165, 1.54) is 0 Å². The first-order valence-electron chi connectivity index (χ1n) is 7.93. The molecular formula is C15H28O5. The number of ether oxygens (including phenoxy) is 5. The molecule has 5 atom stereocenters. The third-order valence-electron chi connectivity index (χ3n) is 3.56. The predicted molar refractivity (Wildman–Crippen MR) is 74.7 cm³/mol. The molecule has 2 fully saturated rings. The fourth-order valence-electron chi connectivity index (χ4n) is 2.67. The molecule has 5 heteroatoms. The fraction of sp³-hybridized carbons (Fsp3) is 1.00. The molecule has 0 aromatic heterocycles. The minimum absolute atomic E-state index is 0.0325. The zero-order chi connectivity index (χ0) is 14.4. The first-order chi connectivity index (χ1) is 9.81. The van der Waals surface area contributed by atoms with E-state index in [1.807, 2.05) is 0 Å². The second-order valence-electron chi connectivity index (χ2n) is 5.38. The van der Waals surface area contributed by atoms with Crippen molar-refractivity contribution in [1.29, 1.82) is 0 Å². The summed E-state index contributed by atoms with van der Waals surface area (Å²) in [6.07, 6.45) is 2.20. The van der Waals surface area contributed by atoms with Crippen LogP contribution in [0.15, 0.2) is 0 Å². The maximum absolute atomic E-state index is 6.02. The van der Waals surface area contributed by atoms with Crippen LogP contribution in [0.25, 0.3) is 0 Å². The van der Waals surface area contributed by atoms with E-state index in [2.05, 4.69) is 20.8 Å². The zero-order valence-corrected chi connectivity index (χ0v) is 12.9. The fourth-order valence-corrected chi connectivity index (χ4v) is 2.67. The SMILES string of the molecule is CCCO[C@@H]1[C@@H](OCCC)[C@@H]2OC[C@@H](O2)[C@H]1OCCC. The molecule has 2 aliphatic rings. The van der Waals surface area contributed by atoms with Gasteiger partial charge in [-0.25, -0.2) is 0 Å². The normalized spacial score (nSPS) is 36.5. The van der Waals surface area contributed by atoms with Gasteiger partial charge >= 0.3 is 0 Å². The van der Waals surface area contributed by atoms with Crippen molar-refractivity contribution < 1.29 is 23.7 Å². The van der Waals surface area contributed by atoms with Crippen LogP contribution in [0.1, 0.15) is 40.0 Å². The highest BCUT2D eigenvalue weighted by Gasteiger charge is 2.52. The van der Waals surface area contributed by atoms with Crippen molar-refractivity contribution in [3.8, 4) is 0 Å². The summed E-state index contributed by atoms with van der Waals surface area (Å²) >= 11 is 0. The largest absolute Gasteiger partial charge is 0.373 e. The van der Waals surface area contributed by atoms with Crippen LogP contribution in [0.3, 0.4) is 0 Å². The van der Waals surface area contributed by atoms with E-state index in [1.54, 1.807) is 0 Å². The van der Waals surface area contributed by atoms with Gasteiger partial charge in [-0.15, -0.1) is 0 Å². The van der Waals surface area contributed by atoms with Crippen LogP contribution in [0.5, 0.6) is 0 Å². The molecule has 0 aromatic rings. The first kappa shape index (κ1) is 16.2. The Morgan fingerprint density at radius 3 is 1.95 bits per heavy atom. The van der Waals surface area contributed by atoms with Gasteiger partial charge < -0.3 is 23.7 Å². The van der Waals surface area contributed by atoms with Gasteiger partial charge in [0, 0.05) is 19.8 Å². The number of hydrogen-bond donors (Lipinski definition) is 0. The molecule has 0 spiro atoms. The van der Waals surface area contributed by atoms with E-state index >= 15 is 0 Å². The van der Waals surface area contributed by atoms with Crippen molar-refractivity contribution in [1.82, 2.24) is 0 Å². The Bertz CT molecular complexity index is 251. The van der Waals surface area contributed by atoms with Crippen LogP contribution < -0.4 is 0 Å². The average Bonchev–Trinajstić information content (AvgIpc) is 2.89. The molecule has 0 radical (unpaired) electrons. The summed E-state index contributed by atoms with van der Waals surface area (Å²) in [6, 6.07) is 0. The van der Waals surface area contributed by atoms with Gasteiger partial charge in [-0.1, -0.05) is 20.8 Å². The van der Waals surface area contributed by atoms with Crippen molar-refractivity contribution in [2.45, 2.75) is 70.7 Å². The summed E-state index contributed by atoms with van der Waals surface area (Å²) in [4.78, 5) is 0. The lowest BCUT2D eigenvalue weighted by molar-refractivity contribution is -0.261. The van der Waals surface area contributed by atoms with Crippen LogP contribution >= 0.6 is 0 Å². The van der Waals surface area contributed by atoms with Crippen LogP contribution in [-0.2, 0) is 23.7 Å². The maximum atomic E-state index is 6.02. The molecule has 2 saturated heterocycles. The van der Waals surface area contributed by atoms with Crippen LogP contribution in [0, 0.1) is 0 Å². The summed E-state index contributed by atoms with van der Waals surface area (Å²) in [5.41, 5.74) is 0. The highest BCUT2D eigenvalue weighted by atomic mass is 16.8. The molecule has 2 bridgehead atoms. The predicted octanol–water partition coefficient (Wildman–Crippen LogP) is 2.13. The van der Waals surface area contributed by atoms with E-state index in [9.17, 15) is 0 Å². The maximum Gasteiger partial charge on any atom is 0.187 e. The Kier molecular flexibility index (Phi) is 6.71. The molecular weight excluding hydrogens is 260 g/mol. The number of rotatable bonds is 9. The summed E-state index contributed by atoms with van der Waals surface area (Å²) in [5, 5.41) is 0. The summed E-state index contributed by atoms with van der Waals surface area (Å²) in [7, 11) is 0. The Balaban J connectivity index is 2.05. The highest BCUT2D eigenvalue weighted by molar-refractivity contribution is 4.96. The van der Waals surface area contributed by atoms with E-state index in [0.717, 1.165) is 19.3 Å². The molecule has 118 valence electrons. The van der Waals surface area contributed by atoms with E-state index in [0.29, 0.717) is 26.4 Å². The van der Waals surface area contributed by atoms with Crippen LogP contribution in [-0.4, -0.2) is 57.1 Å². The first-order valence-corrected chi connectivity index (χ1v) is 7.93. The molecule has 2 rings (SSSR count). The number of hydrogen-bond acceptors (Lipinski definition) is 5. The summed E-state index contributed by atoms with van der Waals surface area (Å²) < 4.78 is 29.5. The van der Waals surface area contributed by atoms with Gasteiger partial charge in [-0.2, -0.15) is 0 Å². The van der Waals surface area contributed by atoms with Gasteiger partial charge in [0.2, 0.25) is 0 Å². The van der Waals surface area contributed by atoms with E-state index in [-0.39, 0.29) is 30.7 Å². The van der Waals surface area contributed by atoms with Gasteiger partial charge in [-0.05, 0) is 19.3 Å². The molecule has 0 aliphatic carbocycles. The lowest BCUT2D eigenvalue weighted by atomic mass is 10.00. The molecule has 2 heterocycles. The molecule has 0 amide bonds. The van der Waals surface area contributed by atoms with Gasteiger partial charge in [0.1, 0.15) is 24.4 Å². The van der Waals surface area contributed by atoms with Gasteiger partial charge in [0.15, 0.2) is 6.29 Å². The summed E-state index contributed by atoms with van der Waals surface area (Å²) in [6.45, 7) is 8.97. The standard InChI is InChI=1S/C15H28O5/c1-4-7-16-12-11-10-19-15(20-11)14(18-9-6-3)13(12)17-8-5-2/h11-15H,4-10H2,1-3H3/t11-,12-,13+,14-,15-/m1/s1. The monoisotopic (exact) mass is 288 g/mol. The van der Waals surface area contributed by atoms with Crippen molar-refractivity contribution >= 4 is 0 Å². The Hall–Kier alpha value is -0.200.